The van der Waals surface area contributed by atoms with Crippen LogP contribution in [0.5, 0.6) is 11.5 Å². The summed E-state index contributed by atoms with van der Waals surface area (Å²) in [5.74, 6) is 0.846. The first-order valence-electron chi connectivity index (χ1n) is 10.3. The Balaban J connectivity index is 1.81. The highest BCUT2D eigenvalue weighted by molar-refractivity contribution is 7.92. The van der Waals surface area contributed by atoms with Crippen LogP contribution in [-0.4, -0.2) is 50.5 Å². The smallest absolute Gasteiger partial charge is 0.250 e. The lowest BCUT2D eigenvalue weighted by atomic mass is 10.2. The number of amides is 1. The summed E-state index contributed by atoms with van der Waals surface area (Å²) in [5.41, 5.74) is 1.20. The van der Waals surface area contributed by atoms with Crippen molar-refractivity contribution in [1.82, 2.24) is 10.2 Å². The maximum Gasteiger partial charge on any atom is 0.250 e. The third-order valence-corrected chi connectivity index (χ3v) is 6.79. The molecule has 0 aliphatic heterocycles. The molecular weight excluding hydrogens is 464 g/mol. The lowest BCUT2D eigenvalue weighted by Crippen LogP contribution is -2.47. The Morgan fingerprint density at radius 3 is 2.24 bits per heavy atom. The van der Waals surface area contributed by atoms with E-state index in [-0.39, 0.29) is 11.6 Å². The van der Waals surface area contributed by atoms with Crippen molar-refractivity contribution in [3.8, 4) is 22.1 Å². The molecule has 0 unspecified atom stereocenters. The van der Waals surface area contributed by atoms with Crippen molar-refractivity contribution < 1.29 is 22.7 Å². The number of carbonyl (C=O) groups is 1. The lowest BCUT2D eigenvalue weighted by Gasteiger charge is -2.29. The summed E-state index contributed by atoms with van der Waals surface area (Å²) >= 11 is 1.20. The molecule has 2 aromatic carbocycles. The Bertz CT molecular complexity index is 1180. The molecule has 1 heterocycles. The predicted molar refractivity (Wildman–Crippen MR) is 130 cm³/mol. The third kappa shape index (κ3) is 5.99. The largest absolute Gasteiger partial charge is 0.497 e. The maximum absolute atomic E-state index is 13.1. The second kappa shape index (κ2) is 10.6. The number of carbonyl (C=O) groups excluding carboxylic acids is 1. The summed E-state index contributed by atoms with van der Waals surface area (Å²) in [5, 5.41) is 11.8. The first-order chi connectivity index (χ1) is 15.8. The summed E-state index contributed by atoms with van der Waals surface area (Å²) in [6.45, 7) is 4.11. The summed E-state index contributed by atoms with van der Waals surface area (Å²) in [7, 11) is -2.16. The number of aromatic nitrogens is 2. The van der Waals surface area contributed by atoms with Crippen molar-refractivity contribution in [2.75, 3.05) is 29.6 Å². The summed E-state index contributed by atoms with van der Waals surface area (Å²) in [6.07, 6.45) is 1.34. The molecule has 1 amide bonds. The number of hydrogen-bond donors (Lipinski definition) is 1. The van der Waals surface area contributed by atoms with Crippen molar-refractivity contribution in [3.05, 3.63) is 48.5 Å². The van der Waals surface area contributed by atoms with Gasteiger partial charge in [0.1, 0.15) is 22.5 Å². The third-order valence-electron chi connectivity index (χ3n) is 4.72. The monoisotopic (exact) mass is 490 g/mol. The first-order valence-corrected chi connectivity index (χ1v) is 12.9. The van der Waals surface area contributed by atoms with Crippen LogP contribution in [0.1, 0.15) is 20.3 Å². The van der Waals surface area contributed by atoms with Gasteiger partial charge in [-0.2, -0.15) is 0 Å². The molecule has 3 aromatic rings. The van der Waals surface area contributed by atoms with Crippen LogP contribution >= 0.6 is 11.3 Å². The molecule has 0 aliphatic carbocycles. The molecule has 0 bridgehead atoms. The van der Waals surface area contributed by atoms with Crippen molar-refractivity contribution >= 4 is 38.1 Å². The molecule has 1 N–H and O–H groups in total. The van der Waals surface area contributed by atoms with Gasteiger partial charge in [0.05, 0.1) is 25.7 Å². The van der Waals surface area contributed by atoms with Crippen LogP contribution in [0.4, 0.5) is 10.8 Å². The molecule has 0 radical (unpaired) electrons. The Labute approximate surface area is 197 Å². The average Bonchev–Trinajstić information content (AvgIpc) is 3.26. The molecule has 9 nitrogen and oxygen atoms in total. The molecule has 0 spiro atoms. The number of nitrogens with one attached hydrogen (secondary N) is 1. The fourth-order valence-electron chi connectivity index (χ4n) is 3.23. The molecule has 11 heteroatoms. The van der Waals surface area contributed by atoms with Crippen LogP contribution in [0.25, 0.3) is 10.6 Å². The molecule has 0 saturated carbocycles. The van der Waals surface area contributed by atoms with Gasteiger partial charge in [-0.1, -0.05) is 18.3 Å². The van der Waals surface area contributed by atoms with Gasteiger partial charge in [-0.05, 0) is 61.9 Å². The van der Waals surface area contributed by atoms with Crippen molar-refractivity contribution in [2.45, 2.75) is 26.3 Å². The average molecular weight is 491 g/mol. The first kappa shape index (κ1) is 24.5. The second-order valence-electron chi connectivity index (χ2n) is 7.04. The summed E-state index contributed by atoms with van der Waals surface area (Å²) in [6, 6.07) is 12.9. The van der Waals surface area contributed by atoms with E-state index in [4.69, 9.17) is 9.47 Å². The van der Waals surface area contributed by atoms with E-state index in [1.54, 1.807) is 38.3 Å². The van der Waals surface area contributed by atoms with Crippen molar-refractivity contribution in [1.29, 1.82) is 0 Å². The highest BCUT2D eigenvalue weighted by atomic mass is 32.2. The van der Waals surface area contributed by atoms with Gasteiger partial charge in [0.25, 0.3) is 0 Å². The number of sulfonamides is 1. The van der Waals surface area contributed by atoms with E-state index in [0.717, 1.165) is 21.9 Å². The fourth-order valence-corrected chi connectivity index (χ4v) is 5.19. The van der Waals surface area contributed by atoms with Crippen molar-refractivity contribution in [2.24, 2.45) is 0 Å². The number of benzene rings is 2. The zero-order valence-electron chi connectivity index (χ0n) is 18.8. The Morgan fingerprint density at radius 1 is 1.06 bits per heavy atom. The van der Waals surface area contributed by atoms with Crippen LogP contribution in [0.3, 0.4) is 0 Å². The van der Waals surface area contributed by atoms with E-state index in [1.165, 1.54) is 11.3 Å². The quantitative estimate of drug-likeness (QED) is 0.460. The van der Waals surface area contributed by atoms with Gasteiger partial charge in [-0.25, -0.2) is 8.42 Å². The highest BCUT2D eigenvalue weighted by Crippen LogP contribution is 2.29. The zero-order chi connectivity index (χ0) is 24.0. The van der Waals surface area contributed by atoms with E-state index in [1.807, 2.05) is 31.2 Å². The van der Waals surface area contributed by atoms with E-state index < -0.39 is 22.0 Å². The minimum atomic E-state index is -3.75. The standard InChI is InChI=1S/C22H26N4O5S2/c1-5-19(26(33(4,28)29)16-9-13-18(14-10-16)31-6-2)20(27)23-22-25-24-21(32-22)15-7-11-17(30-3)12-8-15/h7-14,19H,5-6H2,1-4H3,(H,23,25,27)/t19-/m0/s1. The Hall–Kier alpha value is -3.18. The lowest BCUT2D eigenvalue weighted by molar-refractivity contribution is -0.117. The van der Waals surface area contributed by atoms with Gasteiger partial charge in [-0.15, -0.1) is 10.2 Å². The number of ether oxygens (including phenoxy) is 2. The van der Waals surface area contributed by atoms with E-state index in [9.17, 15) is 13.2 Å². The molecule has 3 rings (SSSR count). The normalized spacial score (nSPS) is 12.1. The minimum absolute atomic E-state index is 0.260. The Kier molecular flexibility index (Phi) is 7.88. The number of nitrogens with zero attached hydrogens (tertiary/aromatic N) is 3. The minimum Gasteiger partial charge on any atom is -0.497 e. The predicted octanol–water partition coefficient (Wildman–Crippen LogP) is 3.80. The van der Waals surface area contributed by atoms with Gasteiger partial charge in [-0.3, -0.25) is 14.4 Å². The van der Waals surface area contributed by atoms with E-state index in [2.05, 4.69) is 15.5 Å². The number of methoxy groups -OCH3 is 1. The number of anilines is 2. The number of rotatable bonds is 10. The summed E-state index contributed by atoms with van der Waals surface area (Å²) in [4.78, 5) is 13.1. The fraction of sp³-hybridized carbons (Fsp3) is 0.318. The highest BCUT2D eigenvalue weighted by Gasteiger charge is 2.32. The summed E-state index contributed by atoms with van der Waals surface area (Å²) < 4.78 is 36.9. The van der Waals surface area contributed by atoms with E-state index in [0.29, 0.717) is 23.1 Å². The van der Waals surface area contributed by atoms with Gasteiger partial charge in [0.2, 0.25) is 21.1 Å². The molecule has 0 saturated heterocycles. The molecule has 0 aliphatic rings. The van der Waals surface area contributed by atoms with Crippen molar-refractivity contribution in [3.63, 3.8) is 0 Å². The molecule has 0 fully saturated rings. The molecule has 1 atom stereocenters. The topological polar surface area (TPSA) is 111 Å². The van der Waals surface area contributed by atoms with Crippen LogP contribution < -0.4 is 19.1 Å². The molecule has 33 heavy (non-hydrogen) atoms. The van der Waals surface area contributed by atoms with Crippen LogP contribution in [0, 0.1) is 0 Å². The van der Waals surface area contributed by atoms with Crippen LogP contribution in [-0.2, 0) is 14.8 Å². The number of hydrogen-bond acceptors (Lipinski definition) is 8. The van der Waals surface area contributed by atoms with Crippen LogP contribution in [0.2, 0.25) is 0 Å². The molecular formula is C22H26N4O5S2. The Morgan fingerprint density at radius 2 is 1.70 bits per heavy atom. The van der Waals surface area contributed by atoms with Crippen LogP contribution in [0.15, 0.2) is 48.5 Å². The van der Waals surface area contributed by atoms with Gasteiger partial charge < -0.3 is 9.47 Å². The second-order valence-corrected chi connectivity index (χ2v) is 9.88. The zero-order valence-corrected chi connectivity index (χ0v) is 20.4. The maximum atomic E-state index is 13.1. The van der Waals surface area contributed by atoms with Gasteiger partial charge in [0.15, 0.2) is 0 Å². The molecule has 176 valence electrons. The van der Waals surface area contributed by atoms with Gasteiger partial charge >= 0.3 is 0 Å². The SMILES string of the molecule is CCOc1ccc(N([C@@H](CC)C(=O)Nc2nnc(-c3ccc(OC)cc3)s2)S(C)(=O)=O)cc1. The van der Waals surface area contributed by atoms with Gasteiger partial charge in [0, 0.05) is 5.56 Å². The molecule has 1 aromatic heterocycles. The van der Waals surface area contributed by atoms with E-state index >= 15 is 0 Å².